The van der Waals surface area contributed by atoms with Crippen LogP contribution in [-0.2, 0) is 0 Å². The normalized spacial score (nSPS) is 25.8. The van der Waals surface area contributed by atoms with Gasteiger partial charge in [-0.15, -0.1) is 0 Å². The van der Waals surface area contributed by atoms with Crippen LogP contribution in [0.25, 0.3) is 0 Å². The summed E-state index contributed by atoms with van der Waals surface area (Å²) < 4.78 is 13.2. The van der Waals surface area contributed by atoms with Crippen molar-refractivity contribution in [2.45, 2.75) is 31.7 Å². The molecule has 1 nitrogen and oxygen atoms in total. The third-order valence-electron chi connectivity index (χ3n) is 3.10. The van der Waals surface area contributed by atoms with Gasteiger partial charge in [0, 0.05) is 17.0 Å². The first kappa shape index (κ1) is 10.9. The van der Waals surface area contributed by atoms with Crippen LogP contribution in [0.4, 0.5) is 4.39 Å². The molecule has 0 saturated carbocycles. The number of hydrogen-bond acceptors (Lipinski definition) is 1. The first-order valence-electron chi connectivity index (χ1n) is 5.40. The molecule has 82 valence electrons. The molecule has 1 fully saturated rings. The van der Waals surface area contributed by atoms with Crippen LogP contribution in [0.3, 0.4) is 0 Å². The van der Waals surface area contributed by atoms with E-state index in [1.54, 1.807) is 6.07 Å². The van der Waals surface area contributed by atoms with E-state index < -0.39 is 0 Å². The zero-order chi connectivity index (χ0) is 10.8. The Bertz CT molecular complexity index is 333. The molecule has 1 aromatic carbocycles. The SMILES string of the molecule is CCC1NCCC1c1cc(F)cc(Cl)c1. The molecule has 1 aliphatic heterocycles. The van der Waals surface area contributed by atoms with Gasteiger partial charge in [0.1, 0.15) is 5.82 Å². The lowest BCUT2D eigenvalue weighted by molar-refractivity contribution is 0.528. The summed E-state index contributed by atoms with van der Waals surface area (Å²) in [6.07, 6.45) is 2.14. The summed E-state index contributed by atoms with van der Waals surface area (Å²) in [5.41, 5.74) is 1.02. The molecule has 2 rings (SSSR count). The van der Waals surface area contributed by atoms with Crippen LogP contribution in [0.15, 0.2) is 18.2 Å². The summed E-state index contributed by atoms with van der Waals surface area (Å²) in [6, 6.07) is 5.30. The van der Waals surface area contributed by atoms with Crippen LogP contribution in [0.5, 0.6) is 0 Å². The van der Waals surface area contributed by atoms with Gasteiger partial charge in [0.15, 0.2) is 0 Å². The Labute approximate surface area is 94.6 Å². The van der Waals surface area contributed by atoms with E-state index in [0.717, 1.165) is 24.9 Å². The first-order valence-corrected chi connectivity index (χ1v) is 5.78. The topological polar surface area (TPSA) is 12.0 Å². The highest BCUT2D eigenvalue weighted by Crippen LogP contribution is 2.31. The van der Waals surface area contributed by atoms with Crippen molar-refractivity contribution >= 4 is 11.6 Å². The molecule has 1 heterocycles. The fourth-order valence-corrected chi connectivity index (χ4v) is 2.61. The quantitative estimate of drug-likeness (QED) is 0.817. The molecule has 0 bridgehead atoms. The standard InChI is InChI=1S/C12H15ClFN/c1-2-12-11(3-4-15-12)8-5-9(13)7-10(14)6-8/h5-7,11-12,15H,2-4H2,1H3. The smallest absolute Gasteiger partial charge is 0.124 e. The molecular weight excluding hydrogens is 213 g/mol. The lowest BCUT2D eigenvalue weighted by Gasteiger charge is -2.18. The number of halogens is 2. The van der Waals surface area contributed by atoms with Gasteiger partial charge in [-0.25, -0.2) is 4.39 Å². The minimum atomic E-state index is -0.237. The lowest BCUT2D eigenvalue weighted by atomic mass is 9.90. The number of nitrogens with one attached hydrogen (secondary N) is 1. The van der Waals surface area contributed by atoms with E-state index in [1.807, 2.05) is 6.07 Å². The molecular formula is C12H15ClFN. The van der Waals surface area contributed by atoms with Crippen molar-refractivity contribution in [3.8, 4) is 0 Å². The van der Waals surface area contributed by atoms with Crippen LogP contribution >= 0.6 is 11.6 Å². The van der Waals surface area contributed by atoms with E-state index in [9.17, 15) is 4.39 Å². The van der Waals surface area contributed by atoms with E-state index in [0.29, 0.717) is 17.0 Å². The molecule has 0 radical (unpaired) electrons. The Kier molecular flexibility index (Phi) is 3.27. The van der Waals surface area contributed by atoms with Crippen molar-refractivity contribution in [1.82, 2.24) is 5.32 Å². The highest BCUT2D eigenvalue weighted by atomic mass is 35.5. The molecule has 1 N–H and O–H groups in total. The second-order valence-electron chi connectivity index (χ2n) is 4.07. The maximum Gasteiger partial charge on any atom is 0.124 e. The van der Waals surface area contributed by atoms with Crippen molar-refractivity contribution in [2.24, 2.45) is 0 Å². The minimum absolute atomic E-state index is 0.237. The summed E-state index contributed by atoms with van der Waals surface area (Å²) in [6.45, 7) is 3.16. The molecule has 2 atom stereocenters. The molecule has 0 aliphatic carbocycles. The second-order valence-corrected chi connectivity index (χ2v) is 4.50. The monoisotopic (exact) mass is 227 g/mol. The average molecular weight is 228 g/mol. The number of benzene rings is 1. The van der Waals surface area contributed by atoms with E-state index in [2.05, 4.69) is 12.2 Å². The highest BCUT2D eigenvalue weighted by molar-refractivity contribution is 6.30. The van der Waals surface area contributed by atoms with Gasteiger partial charge in [-0.2, -0.15) is 0 Å². The second kappa shape index (κ2) is 4.50. The molecule has 15 heavy (non-hydrogen) atoms. The van der Waals surface area contributed by atoms with Crippen molar-refractivity contribution in [1.29, 1.82) is 0 Å². The van der Waals surface area contributed by atoms with Crippen molar-refractivity contribution in [3.05, 3.63) is 34.6 Å². The summed E-state index contributed by atoms with van der Waals surface area (Å²) in [5.74, 6) is 0.169. The molecule has 3 heteroatoms. The first-order chi connectivity index (χ1) is 7.20. The molecule has 2 unspecified atom stereocenters. The Hall–Kier alpha value is -0.600. The minimum Gasteiger partial charge on any atom is -0.313 e. The van der Waals surface area contributed by atoms with Gasteiger partial charge in [0.2, 0.25) is 0 Å². The van der Waals surface area contributed by atoms with E-state index in [-0.39, 0.29) is 5.82 Å². The van der Waals surface area contributed by atoms with Crippen molar-refractivity contribution < 1.29 is 4.39 Å². The van der Waals surface area contributed by atoms with Crippen LogP contribution in [0.1, 0.15) is 31.2 Å². The fourth-order valence-electron chi connectivity index (χ4n) is 2.38. The van der Waals surface area contributed by atoms with Crippen molar-refractivity contribution in [2.75, 3.05) is 6.54 Å². The Morgan fingerprint density at radius 3 is 2.93 bits per heavy atom. The van der Waals surface area contributed by atoms with Gasteiger partial charge in [-0.3, -0.25) is 0 Å². The zero-order valence-corrected chi connectivity index (χ0v) is 9.52. The van der Waals surface area contributed by atoms with Gasteiger partial charge in [-0.05, 0) is 43.1 Å². The van der Waals surface area contributed by atoms with Crippen LogP contribution < -0.4 is 5.32 Å². The summed E-state index contributed by atoms with van der Waals surface area (Å²) in [7, 11) is 0. The molecule has 0 amide bonds. The summed E-state index contributed by atoms with van der Waals surface area (Å²) in [4.78, 5) is 0. The van der Waals surface area contributed by atoms with E-state index in [1.165, 1.54) is 6.07 Å². The lowest BCUT2D eigenvalue weighted by Crippen LogP contribution is -2.24. The molecule has 1 saturated heterocycles. The van der Waals surface area contributed by atoms with Gasteiger partial charge in [-0.1, -0.05) is 18.5 Å². The van der Waals surface area contributed by atoms with E-state index in [4.69, 9.17) is 11.6 Å². The average Bonchev–Trinajstić information content (AvgIpc) is 2.63. The molecule has 1 aliphatic rings. The van der Waals surface area contributed by atoms with Gasteiger partial charge in [0.25, 0.3) is 0 Å². The maximum absolute atomic E-state index is 13.2. The van der Waals surface area contributed by atoms with Gasteiger partial charge >= 0.3 is 0 Å². The highest BCUT2D eigenvalue weighted by Gasteiger charge is 2.26. The maximum atomic E-state index is 13.2. The molecule has 1 aromatic rings. The van der Waals surface area contributed by atoms with Crippen LogP contribution in [0, 0.1) is 5.82 Å². The number of hydrogen-bond donors (Lipinski definition) is 1. The Morgan fingerprint density at radius 1 is 1.47 bits per heavy atom. The van der Waals surface area contributed by atoms with Gasteiger partial charge in [0.05, 0.1) is 0 Å². The summed E-state index contributed by atoms with van der Waals surface area (Å²) in [5, 5.41) is 3.92. The molecule has 0 spiro atoms. The predicted molar refractivity (Wildman–Crippen MR) is 60.8 cm³/mol. The van der Waals surface area contributed by atoms with Crippen molar-refractivity contribution in [3.63, 3.8) is 0 Å². The van der Waals surface area contributed by atoms with Gasteiger partial charge < -0.3 is 5.32 Å². The van der Waals surface area contributed by atoms with Crippen LogP contribution in [0.2, 0.25) is 5.02 Å². The Morgan fingerprint density at radius 2 is 2.27 bits per heavy atom. The number of rotatable bonds is 2. The predicted octanol–water partition coefficient (Wildman–Crippen LogP) is 3.33. The fraction of sp³-hybridized carbons (Fsp3) is 0.500. The Balaban J connectivity index is 2.28. The third kappa shape index (κ3) is 2.32. The summed E-state index contributed by atoms with van der Waals surface area (Å²) >= 11 is 5.86. The third-order valence-corrected chi connectivity index (χ3v) is 3.32. The molecule has 0 aromatic heterocycles. The van der Waals surface area contributed by atoms with E-state index >= 15 is 0 Å². The van der Waals surface area contributed by atoms with Crippen LogP contribution in [-0.4, -0.2) is 12.6 Å². The largest absolute Gasteiger partial charge is 0.313 e. The zero-order valence-electron chi connectivity index (χ0n) is 8.76.